The van der Waals surface area contributed by atoms with E-state index in [9.17, 15) is 8.42 Å². The van der Waals surface area contributed by atoms with E-state index >= 15 is 0 Å². The van der Waals surface area contributed by atoms with Crippen LogP contribution in [0.4, 0.5) is 0 Å². The van der Waals surface area contributed by atoms with Crippen molar-refractivity contribution in [1.82, 2.24) is 14.2 Å². The first-order chi connectivity index (χ1) is 15.1. The molecule has 0 unspecified atom stereocenters. The fourth-order valence-corrected chi connectivity index (χ4v) is 4.70. The molecule has 4 aromatic rings. The molecule has 0 fully saturated rings. The van der Waals surface area contributed by atoms with Crippen LogP contribution in [0.5, 0.6) is 6.01 Å². The molecule has 3 aromatic carbocycles. The van der Waals surface area contributed by atoms with Gasteiger partial charge in [-0.1, -0.05) is 80.5 Å². The van der Waals surface area contributed by atoms with E-state index in [-0.39, 0.29) is 28.2 Å². The molecule has 7 heteroatoms. The van der Waals surface area contributed by atoms with Crippen LogP contribution in [0.2, 0.25) is 0 Å². The predicted molar refractivity (Wildman–Crippen MR) is 126 cm³/mol. The Morgan fingerprint density at radius 3 is 2.19 bits per heavy atom. The maximum absolute atomic E-state index is 13.6. The van der Waals surface area contributed by atoms with Gasteiger partial charge in [0.1, 0.15) is 0 Å². The van der Waals surface area contributed by atoms with E-state index in [0.29, 0.717) is 5.56 Å². The lowest BCUT2D eigenvalue weighted by atomic mass is 9.87. The quantitative estimate of drug-likeness (QED) is 0.407. The molecule has 0 aliphatic rings. The van der Waals surface area contributed by atoms with Gasteiger partial charge >= 0.3 is 6.01 Å². The average Bonchev–Trinajstić information content (AvgIpc) is 3.17. The summed E-state index contributed by atoms with van der Waals surface area (Å²) in [6.07, 6.45) is -0.190. The fraction of sp³-hybridized carbons (Fsp3) is 0.280. The summed E-state index contributed by atoms with van der Waals surface area (Å²) in [6.45, 7) is 10.1. The Kier molecular flexibility index (Phi) is 5.54. The van der Waals surface area contributed by atoms with Crippen LogP contribution in [0.1, 0.15) is 40.2 Å². The molecule has 0 amide bonds. The molecule has 1 aromatic heterocycles. The smallest absolute Gasteiger partial charge is 0.337 e. The molecule has 0 saturated heterocycles. The highest BCUT2D eigenvalue weighted by atomic mass is 32.2. The fourth-order valence-electron chi connectivity index (χ4n) is 3.43. The Morgan fingerprint density at radius 1 is 0.906 bits per heavy atom. The van der Waals surface area contributed by atoms with Gasteiger partial charge in [0.15, 0.2) is 5.82 Å². The van der Waals surface area contributed by atoms with Crippen LogP contribution in [0, 0.1) is 0 Å². The van der Waals surface area contributed by atoms with E-state index in [1.807, 2.05) is 62.4 Å². The molecule has 1 heterocycles. The Bertz CT molecular complexity index is 1370. The minimum absolute atomic E-state index is 0.0186. The summed E-state index contributed by atoms with van der Waals surface area (Å²) < 4.78 is 33.8. The number of ether oxygens (including phenoxy) is 1. The monoisotopic (exact) mass is 449 g/mol. The van der Waals surface area contributed by atoms with Crippen molar-refractivity contribution in [2.24, 2.45) is 0 Å². The van der Waals surface area contributed by atoms with Gasteiger partial charge in [0.05, 0.1) is 11.0 Å². The Balaban J connectivity index is 1.85. The van der Waals surface area contributed by atoms with E-state index in [4.69, 9.17) is 4.74 Å². The molecule has 166 valence electrons. The summed E-state index contributed by atoms with van der Waals surface area (Å²) in [6, 6.07) is 20.4. The van der Waals surface area contributed by atoms with Gasteiger partial charge in [0, 0.05) is 5.56 Å². The number of aromatic nitrogens is 3. The predicted octanol–water partition coefficient (Wildman–Crippen LogP) is 5.42. The van der Waals surface area contributed by atoms with E-state index in [2.05, 4.69) is 30.9 Å². The first kappa shape index (κ1) is 22.0. The number of fused-ring (bicyclic) bond motifs is 1. The number of benzene rings is 3. The Morgan fingerprint density at radius 2 is 1.56 bits per heavy atom. The van der Waals surface area contributed by atoms with E-state index < -0.39 is 10.0 Å². The van der Waals surface area contributed by atoms with Gasteiger partial charge < -0.3 is 4.74 Å². The summed E-state index contributed by atoms with van der Waals surface area (Å²) in [4.78, 5) is 4.56. The van der Waals surface area contributed by atoms with Gasteiger partial charge in [-0.15, -0.1) is 4.09 Å². The molecule has 0 bridgehead atoms. The zero-order valence-electron chi connectivity index (χ0n) is 18.9. The highest BCUT2D eigenvalue weighted by molar-refractivity contribution is 7.90. The van der Waals surface area contributed by atoms with Gasteiger partial charge in [-0.05, 0) is 47.7 Å². The third-order valence-electron chi connectivity index (χ3n) is 5.16. The summed E-state index contributed by atoms with van der Waals surface area (Å²) in [5.41, 5.74) is 1.77. The molecule has 4 rings (SSSR count). The van der Waals surface area contributed by atoms with Crippen molar-refractivity contribution in [3.8, 4) is 17.4 Å². The second-order valence-electron chi connectivity index (χ2n) is 9.07. The number of nitrogens with zero attached hydrogens (tertiary/aromatic N) is 3. The molecule has 0 radical (unpaired) electrons. The average molecular weight is 450 g/mol. The van der Waals surface area contributed by atoms with Crippen molar-refractivity contribution < 1.29 is 13.2 Å². The minimum Gasteiger partial charge on any atom is -0.460 e. The van der Waals surface area contributed by atoms with Crippen LogP contribution in [0.15, 0.2) is 71.6 Å². The number of hydrogen-bond donors (Lipinski definition) is 0. The van der Waals surface area contributed by atoms with Crippen LogP contribution in [0.3, 0.4) is 0 Å². The number of hydrogen-bond acceptors (Lipinski definition) is 5. The zero-order valence-corrected chi connectivity index (χ0v) is 19.7. The van der Waals surface area contributed by atoms with Crippen molar-refractivity contribution in [1.29, 1.82) is 0 Å². The largest absolute Gasteiger partial charge is 0.460 e. The molecule has 0 saturated carbocycles. The molecule has 0 aliphatic heterocycles. The molecule has 6 nitrogen and oxygen atoms in total. The molecule has 0 spiro atoms. The SMILES string of the molecule is CC(C)Oc1nc(-c2ccc(C(C)(C)C)cc2)n(S(=O)(=O)c2ccc3ccccc3c2)n1. The summed E-state index contributed by atoms with van der Waals surface area (Å²) in [5, 5.41) is 6.02. The van der Waals surface area contributed by atoms with Crippen molar-refractivity contribution in [2.75, 3.05) is 0 Å². The molecule has 32 heavy (non-hydrogen) atoms. The lowest BCUT2D eigenvalue weighted by molar-refractivity contribution is 0.222. The third-order valence-corrected chi connectivity index (χ3v) is 6.72. The van der Waals surface area contributed by atoms with Gasteiger partial charge in [0.2, 0.25) is 0 Å². The third kappa shape index (κ3) is 4.25. The molecular formula is C25H27N3O3S. The maximum Gasteiger partial charge on any atom is 0.337 e. The maximum atomic E-state index is 13.6. The van der Waals surface area contributed by atoms with E-state index in [0.717, 1.165) is 20.4 Å². The molecule has 0 N–H and O–H groups in total. The topological polar surface area (TPSA) is 74.1 Å². The summed E-state index contributed by atoms with van der Waals surface area (Å²) in [5.74, 6) is 0.217. The van der Waals surface area contributed by atoms with E-state index in [1.54, 1.807) is 18.2 Å². The van der Waals surface area contributed by atoms with Gasteiger partial charge in [-0.3, -0.25) is 0 Å². The minimum atomic E-state index is -4.00. The number of rotatable bonds is 5. The van der Waals surface area contributed by atoms with Gasteiger partial charge in [-0.2, -0.15) is 13.4 Å². The molecule has 0 aliphatic carbocycles. The van der Waals surface area contributed by atoms with Crippen molar-refractivity contribution >= 4 is 20.8 Å². The molecular weight excluding hydrogens is 422 g/mol. The van der Waals surface area contributed by atoms with Crippen LogP contribution >= 0.6 is 0 Å². The lowest BCUT2D eigenvalue weighted by Gasteiger charge is -2.19. The first-order valence-corrected chi connectivity index (χ1v) is 12.0. The lowest BCUT2D eigenvalue weighted by Crippen LogP contribution is -2.16. The highest BCUT2D eigenvalue weighted by Gasteiger charge is 2.26. The van der Waals surface area contributed by atoms with Crippen LogP contribution in [-0.4, -0.2) is 28.7 Å². The van der Waals surface area contributed by atoms with E-state index in [1.165, 1.54) is 0 Å². The summed E-state index contributed by atoms with van der Waals surface area (Å²) in [7, 11) is -4.00. The van der Waals surface area contributed by atoms with Crippen LogP contribution in [-0.2, 0) is 15.4 Å². The second-order valence-corrected chi connectivity index (χ2v) is 10.8. The van der Waals surface area contributed by atoms with Gasteiger partial charge in [0.25, 0.3) is 10.0 Å². The highest BCUT2D eigenvalue weighted by Crippen LogP contribution is 2.29. The second kappa shape index (κ2) is 8.06. The Hall–Kier alpha value is -3.19. The normalized spacial score (nSPS) is 12.4. The van der Waals surface area contributed by atoms with Crippen LogP contribution < -0.4 is 4.74 Å². The summed E-state index contributed by atoms with van der Waals surface area (Å²) >= 11 is 0. The zero-order chi connectivity index (χ0) is 23.1. The van der Waals surface area contributed by atoms with Crippen molar-refractivity contribution in [3.63, 3.8) is 0 Å². The van der Waals surface area contributed by atoms with Crippen molar-refractivity contribution in [2.45, 2.75) is 51.0 Å². The van der Waals surface area contributed by atoms with Crippen LogP contribution in [0.25, 0.3) is 22.2 Å². The first-order valence-electron chi connectivity index (χ1n) is 10.5. The van der Waals surface area contributed by atoms with Crippen molar-refractivity contribution in [3.05, 3.63) is 72.3 Å². The molecule has 0 atom stereocenters. The standard InChI is InChI=1S/C25H27N3O3S/c1-17(2)31-24-26-23(19-10-13-21(14-11-19)25(3,4)5)28(27-24)32(29,30)22-15-12-18-8-6-7-9-20(18)16-22/h6-17H,1-5H3. The van der Waals surface area contributed by atoms with Gasteiger partial charge in [-0.25, -0.2) is 0 Å². The Labute approximate surface area is 188 Å².